The third-order valence-corrected chi connectivity index (χ3v) is 20.8. The molecule has 4 aromatic rings. The molecule has 0 N–H and O–H groups in total. The van der Waals surface area contributed by atoms with Crippen molar-refractivity contribution in [3.8, 4) is 11.1 Å². The van der Waals surface area contributed by atoms with E-state index >= 15 is 0 Å². The zero-order valence-electron chi connectivity index (χ0n) is 34.4. The SMILES string of the molecule is Cc1ccc([C](c2ccc(C)cc2)=[Zr+2]([C]2=CC=CC2)[C]2=C(C(C)(C)C)c3cc4c(cc3C2(C)C)Cc2cc3c(cc2-4)C(C(C)(C)C)=CC3(C)C)cc1.[Cl-].[Cl-]. The largest absolute Gasteiger partial charge is 1.00 e. The van der Waals surface area contributed by atoms with Crippen molar-refractivity contribution in [1.29, 1.82) is 0 Å². The van der Waals surface area contributed by atoms with Crippen LogP contribution in [0.15, 0.2) is 104 Å². The molecular formula is C51H56Cl2Zr. The number of fused-ring (bicyclic) bond motifs is 5. The molecule has 0 heterocycles. The van der Waals surface area contributed by atoms with Crippen molar-refractivity contribution < 1.29 is 46.1 Å². The minimum Gasteiger partial charge on any atom is -1.00 e. The van der Waals surface area contributed by atoms with Crippen molar-refractivity contribution >= 4 is 14.4 Å². The quantitative estimate of drug-likeness (QED) is 0.178. The normalized spacial score (nSPS) is 17.0. The summed E-state index contributed by atoms with van der Waals surface area (Å²) in [4.78, 5) is 0. The first-order valence-corrected chi connectivity index (χ1v) is 23.1. The van der Waals surface area contributed by atoms with E-state index < -0.39 is 21.3 Å². The number of halogens is 2. The van der Waals surface area contributed by atoms with Crippen molar-refractivity contribution in [2.45, 2.75) is 107 Å². The fourth-order valence-electron chi connectivity index (χ4n) is 9.68. The molecule has 0 aromatic heterocycles. The number of aryl methyl sites for hydroxylation is 2. The van der Waals surface area contributed by atoms with Gasteiger partial charge in [-0.25, -0.2) is 0 Å². The predicted molar refractivity (Wildman–Crippen MR) is 222 cm³/mol. The summed E-state index contributed by atoms with van der Waals surface area (Å²) in [5.41, 5.74) is 20.5. The molecule has 0 saturated heterocycles. The summed E-state index contributed by atoms with van der Waals surface area (Å²) in [6, 6.07) is 29.4. The number of benzene rings is 4. The van der Waals surface area contributed by atoms with Gasteiger partial charge in [0, 0.05) is 0 Å². The Kier molecular flexibility index (Phi) is 10.6. The molecule has 8 rings (SSSR count). The van der Waals surface area contributed by atoms with E-state index in [1.807, 2.05) is 0 Å². The van der Waals surface area contributed by atoms with Gasteiger partial charge in [0.15, 0.2) is 0 Å². The smallest absolute Gasteiger partial charge is 1.00 e. The van der Waals surface area contributed by atoms with Crippen LogP contribution in [0.4, 0.5) is 0 Å². The van der Waals surface area contributed by atoms with Crippen LogP contribution >= 0.6 is 0 Å². The van der Waals surface area contributed by atoms with E-state index in [0.29, 0.717) is 0 Å². The molecule has 278 valence electrons. The van der Waals surface area contributed by atoms with Gasteiger partial charge in [0.1, 0.15) is 0 Å². The maximum atomic E-state index is 2.65. The zero-order valence-corrected chi connectivity index (χ0v) is 38.4. The third-order valence-electron chi connectivity index (χ3n) is 12.3. The molecule has 4 aliphatic rings. The third kappa shape index (κ3) is 6.63. The molecule has 0 radical (unpaired) electrons. The second-order valence-corrected chi connectivity index (χ2v) is 25.1. The van der Waals surface area contributed by atoms with E-state index in [1.54, 1.807) is 20.9 Å². The summed E-state index contributed by atoms with van der Waals surface area (Å²) in [6.45, 7) is 28.9. The average Bonchev–Trinajstić information content (AvgIpc) is 3.82. The van der Waals surface area contributed by atoms with E-state index in [9.17, 15) is 0 Å². The molecular weight excluding hydrogens is 775 g/mol. The van der Waals surface area contributed by atoms with Gasteiger partial charge in [-0.05, 0) is 0 Å². The van der Waals surface area contributed by atoms with Gasteiger partial charge in [0.05, 0.1) is 0 Å². The first-order valence-electron chi connectivity index (χ1n) is 19.5. The molecule has 0 aliphatic heterocycles. The fourth-order valence-corrected chi connectivity index (χ4v) is 19.3. The number of hydrogen-bond donors (Lipinski definition) is 0. The second kappa shape index (κ2) is 14.0. The summed E-state index contributed by atoms with van der Waals surface area (Å²) in [6.07, 6.45) is 11.9. The van der Waals surface area contributed by atoms with Crippen LogP contribution in [0.2, 0.25) is 0 Å². The fraction of sp³-hybridized carbons (Fsp3) is 0.353. The van der Waals surface area contributed by atoms with Crippen molar-refractivity contribution in [3.63, 3.8) is 0 Å². The Morgan fingerprint density at radius 3 is 1.63 bits per heavy atom. The Morgan fingerprint density at radius 1 is 0.630 bits per heavy atom. The number of allylic oxidation sites excluding steroid dienone is 8. The van der Waals surface area contributed by atoms with Crippen LogP contribution in [0, 0.1) is 24.7 Å². The van der Waals surface area contributed by atoms with E-state index in [1.165, 1.54) is 66.8 Å². The van der Waals surface area contributed by atoms with Gasteiger partial charge in [-0.2, -0.15) is 0 Å². The summed E-state index contributed by atoms with van der Waals surface area (Å²) in [7, 11) is 0. The van der Waals surface area contributed by atoms with Crippen LogP contribution in [-0.4, -0.2) is 3.21 Å². The summed E-state index contributed by atoms with van der Waals surface area (Å²) < 4.78 is 5.07. The van der Waals surface area contributed by atoms with Crippen LogP contribution < -0.4 is 24.8 Å². The molecule has 54 heavy (non-hydrogen) atoms. The van der Waals surface area contributed by atoms with Crippen molar-refractivity contribution in [2.75, 3.05) is 0 Å². The van der Waals surface area contributed by atoms with E-state index in [0.717, 1.165) is 12.8 Å². The van der Waals surface area contributed by atoms with Crippen molar-refractivity contribution in [3.05, 3.63) is 159 Å². The van der Waals surface area contributed by atoms with Gasteiger partial charge in [0.25, 0.3) is 0 Å². The molecule has 0 amide bonds. The Labute approximate surface area is 345 Å². The van der Waals surface area contributed by atoms with Gasteiger partial charge in [-0.1, -0.05) is 0 Å². The first kappa shape index (κ1) is 40.8. The second-order valence-electron chi connectivity index (χ2n) is 19.2. The standard InChI is InChI=1S/C31H37.C15H14.C5H5.2ClH.Zr/c1-28(2,3)26-16-30(7,8)24-12-18-11-19-13-25-23(15-21(19)20(18)14-22(24)26)27(29(4,5)6)17-31(25,9)10;1-12-3-7-14(8-4-12)11-15-9-5-13(2)6-10-15;1-2-4-5-3-1;;;/h12-16H,11H2,1-10H3;3-10H,1-2H3;1-3H,4H2;2*1H;/q;;;;;+2/p-2. The van der Waals surface area contributed by atoms with E-state index in [-0.39, 0.29) is 46.5 Å². The minimum absolute atomic E-state index is 0. The van der Waals surface area contributed by atoms with Crippen LogP contribution in [0.5, 0.6) is 0 Å². The molecule has 0 saturated carbocycles. The number of rotatable bonds is 4. The van der Waals surface area contributed by atoms with E-state index in [2.05, 4.69) is 180 Å². The zero-order chi connectivity index (χ0) is 37.1. The molecule has 0 bridgehead atoms. The number of hydrogen-bond acceptors (Lipinski definition) is 0. The molecule has 4 aromatic carbocycles. The summed E-state index contributed by atoms with van der Waals surface area (Å²) >= 11 is -2.84. The van der Waals surface area contributed by atoms with Gasteiger partial charge in [0.2, 0.25) is 0 Å². The molecule has 0 atom stereocenters. The summed E-state index contributed by atoms with van der Waals surface area (Å²) in [5.74, 6) is 0. The Balaban J connectivity index is 0.00000249. The Bertz CT molecular complexity index is 2290. The molecule has 4 aliphatic carbocycles. The van der Waals surface area contributed by atoms with Crippen molar-refractivity contribution in [1.82, 2.24) is 0 Å². The van der Waals surface area contributed by atoms with Gasteiger partial charge < -0.3 is 24.8 Å². The maximum Gasteiger partial charge on any atom is -1.00 e. The average molecular weight is 831 g/mol. The minimum atomic E-state index is -2.84. The van der Waals surface area contributed by atoms with Gasteiger partial charge in [-0.3, -0.25) is 0 Å². The Morgan fingerprint density at radius 2 is 1.15 bits per heavy atom. The maximum absolute atomic E-state index is 2.84. The topological polar surface area (TPSA) is 0 Å². The first-order chi connectivity index (χ1) is 24.4. The molecule has 0 unspecified atom stereocenters. The monoisotopic (exact) mass is 828 g/mol. The van der Waals surface area contributed by atoms with Gasteiger partial charge in [-0.15, -0.1) is 0 Å². The van der Waals surface area contributed by atoms with Crippen LogP contribution in [0.3, 0.4) is 0 Å². The predicted octanol–water partition coefficient (Wildman–Crippen LogP) is 7.38. The molecule has 3 heteroatoms. The van der Waals surface area contributed by atoms with Crippen LogP contribution in [0.1, 0.15) is 131 Å². The van der Waals surface area contributed by atoms with Crippen LogP contribution in [-0.2, 0) is 38.5 Å². The molecule has 0 fully saturated rings. The van der Waals surface area contributed by atoms with Gasteiger partial charge >= 0.3 is 324 Å². The van der Waals surface area contributed by atoms with Crippen molar-refractivity contribution in [2.24, 2.45) is 10.8 Å². The molecule has 0 spiro atoms. The summed E-state index contributed by atoms with van der Waals surface area (Å²) in [5, 5.41) is 0. The Hall–Kier alpha value is -2.83. The van der Waals surface area contributed by atoms with Crippen LogP contribution in [0.25, 0.3) is 22.3 Å². The molecule has 0 nitrogen and oxygen atoms in total. The van der Waals surface area contributed by atoms with E-state index in [4.69, 9.17) is 0 Å².